The Labute approximate surface area is 175 Å². The third-order valence-electron chi connectivity index (χ3n) is 5.03. The van der Waals surface area contributed by atoms with Gasteiger partial charge in [0.1, 0.15) is 11.5 Å². The second-order valence-electron chi connectivity index (χ2n) is 7.42. The van der Waals surface area contributed by atoms with Crippen molar-refractivity contribution in [1.82, 2.24) is 20.5 Å². The number of H-pyrrole nitrogens is 1. The molecule has 6 nitrogen and oxygen atoms in total. The average Bonchev–Trinajstić information content (AvgIpc) is 3.42. The molecule has 3 N–H and O–H groups in total. The molecule has 0 radical (unpaired) electrons. The smallest absolute Gasteiger partial charge is 0.318 e. The molecule has 1 atom stereocenters. The molecule has 0 bridgehead atoms. The fourth-order valence-corrected chi connectivity index (χ4v) is 3.18. The lowest BCUT2D eigenvalue weighted by Crippen LogP contribution is -2.25. The van der Waals surface area contributed by atoms with Gasteiger partial charge in [0.25, 0.3) is 5.91 Å². The zero-order chi connectivity index (χ0) is 22.0. The molecule has 3 aromatic rings. The van der Waals surface area contributed by atoms with Crippen LogP contribution in [0.1, 0.15) is 46.2 Å². The van der Waals surface area contributed by atoms with Crippen LogP contribution in [-0.4, -0.2) is 27.6 Å². The van der Waals surface area contributed by atoms with Crippen LogP contribution in [0.25, 0.3) is 0 Å². The zero-order valence-corrected chi connectivity index (χ0v) is 16.2. The Morgan fingerprint density at radius 1 is 1.13 bits per heavy atom. The number of carbonyl (C=O) groups excluding carboxylic acids is 1. The normalized spacial score (nSPS) is 15.0. The summed E-state index contributed by atoms with van der Waals surface area (Å²) in [6.45, 7) is 0.792. The van der Waals surface area contributed by atoms with Crippen molar-refractivity contribution in [2.45, 2.75) is 25.1 Å². The molecule has 1 aliphatic carbocycles. The van der Waals surface area contributed by atoms with E-state index in [0.717, 1.165) is 24.9 Å². The van der Waals surface area contributed by atoms with Crippen molar-refractivity contribution in [2.24, 2.45) is 5.92 Å². The van der Waals surface area contributed by atoms with Crippen molar-refractivity contribution in [2.75, 3.05) is 11.9 Å². The molecule has 0 saturated heterocycles. The number of anilines is 1. The van der Waals surface area contributed by atoms with E-state index in [1.165, 1.54) is 12.1 Å². The van der Waals surface area contributed by atoms with Gasteiger partial charge >= 0.3 is 6.18 Å². The van der Waals surface area contributed by atoms with Crippen LogP contribution < -0.4 is 10.6 Å². The van der Waals surface area contributed by atoms with Crippen molar-refractivity contribution in [3.63, 3.8) is 0 Å². The zero-order valence-electron chi connectivity index (χ0n) is 16.2. The lowest BCUT2D eigenvalue weighted by Gasteiger charge is -2.21. The summed E-state index contributed by atoms with van der Waals surface area (Å²) in [5, 5.41) is 10.9. The molecular formula is C21H19F4N5O. The summed E-state index contributed by atoms with van der Waals surface area (Å²) in [5.74, 6) is -1.03. The maximum atomic E-state index is 14.4. The average molecular weight is 433 g/mol. The summed E-state index contributed by atoms with van der Waals surface area (Å²) in [6, 6.07) is 8.29. The van der Waals surface area contributed by atoms with Gasteiger partial charge in [-0.25, -0.2) is 4.39 Å². The number of hydrogen-bond acceptors (Lipinski definition) is 4. The predicted molar refractivity (Wildman–Crippen MR) is 105 cm³/mol. The number of amides is 1. The van der Waals surface area contributed by atoms with Crippen LogP contribution in [0.2, 0.25) is 0 Å². The van der Waals surface area contributed by atoms with Gasteiger partial charge in [0, 0.05) is 18.5 Å². The van der Waals surface area contributed by atoms with Crippen LogP contribution in [0.15, 0.2) is 48.8 Å². The van der Waals surface area contributed by atoms with Crippen molar-refractivity contribution in [3.05, 3.63) is 77.1 Å². The standard InChI is InChI=1S/C21H19F4N5O/c22-15-4-3-14(19(27-11-12-1-2-12)13-5-7-26-8-6-13)9-16(15)28-20(31)17-10-18(30-29-17)21(23,24)25/h3-10,12,19,27H,1-2,11H2,(H,28,31)(H,29,30). The highest BCUT2D eigenvalue weighted by Gasteiger charge is 2.34. The number of pyridine rings is 1. The van der Waals surface area contributed by atoms with Crippen molar-refractivity contribution >= 4 is 11.6 Å². The minimum Gasteiger partial charge on any atom is -0.318 e. The van der Waals surface area contributed by atoms with E-state index < -0.39 is 29.3 Å². The maximum Gasteiger partial charge on any atom is 0.435 e. The maximum absolute atomic E-state index is 14.4. The van der Waals surface area contributed by atoms with Gasteiger partial charge in [-0.2, -0.15) is 18.3 Å². The van der Waals surface area contributed by atoms with Crippen LogP contribution in [0.4, 0.5) is 23.2 Å². The predicted octanol–water partition coefficient (Wildman–Crippen LogP) is 4.30. The van der Waals surface area contributed by atoms with Crippen LogP contribution >= 0.6 is 0 Å². The molecule has 1 aliphatic rings. The van der Waals surface area contributed by atoms with E-state index in [4.69, 9.17) is 0 Å². The number of aromatic nitrogens is 3. The van der Waals surface area contributed by atoms with E-state index in [-0.39, 0.29) is 11.7 Å². The first-order chi connectivity index (χ1) is 14.8. The van der Waals surface area contributed by atoms with Crippen LogP contribution in [0.5, 0.6) is 0 Å². The molecule has 1 amide bonds. The molecule has 0 spiro atoms. The minimum atomic E-state index is -4.69. The van der Waals surface area contributed by atoms with Crippen LogP contribution in [0.3, 0.4) is 0 Å². The van der Waals surface area contributed by atoms with E-state index in [0.29, 0.717) is 17.5 Å². The fourth-order valence-electron chi connectivity index (χ4n) is 3.18. The van der Waals surface area contributed by atoms with Crippen molar-refractivity contribution < 1.29 is 22.4 Å². The lowest BCUT2D eigenvalue weighted by molar-refractivity contribution is -0.141. The number of nitrogens with zero attached hydrogens (tertiary/aromatic N) is 2. The fraction of sp³-hybridized carbons (Fsp3) is 0.286. The first-order valence-corrected chi connectivity index (χ1v) is 9.68. The molecule has 31 heavy (non-hydrogen) atoms. The third kappa shape index (κ3) is 5.08. The molecule has 10 heteroatoms. The van der Waals surface area contributed by atoms with Gasteiger partial charge in [0.15, 0.2) is 5.69 Å². The number of aromatic amines is 1. The first kappa shape index (κ1) is 21.0. The Balaban J connectivity index is 1.57. The summed E-state index contributed by atoms with van der Waals surface area (Å²) in [4.78, 5) is 16.4. The Hall–Kier alpha value is -3.27. The molecule has 1 fully saturated rings. The molecule has 2 heterocycles. The lowest BCUT2D eigenvalue weighted by atomic mass is 9.98. The highest BCUT2D eigenvalue weighted by molar-refractivity contribution is 6.03. The Morgan fingerprint density at radius 2 is 1.87 bits per heavy atom. The summed E-state index contributed by atoms with van der Waals surface area (Å²) in [7, 11) is 0. The van der Waals surface area contributed by atoms with E-state index in [9.17, 15) is 22.4 Å². The van der Waals surface area contributed by atoms with Gasteiger partial charge < -0.3 is 10.6 Å². The topological polar surface area (TPSA) is 82.7 Å². The van der Waals surface area contributed by atoms with Gasteiger partial charge in [-0.3, -0.25) is 14.9 Å². The van der Waals surface area contributed by atoms with Crippen molar-refractivity contribution in [1.29, 1.82) is 0 Å². The van der Waals surface area contributed by atoms with E-state index in [1.54, 1.807) is 18.5 Å². The molecule has 0 aliphatic heterocycles. The van der Waals surface area contributed by atoms with Gasteiger partial charge in [0.05, 0.1) is 11.7 Å². The van der Waals surface area contributed by atoms with Crippen molar-refractivity contribution in [3.8, 4) is 0 Å². The minimum absolute atomic E-state index is 0.141. The summed E-state index contributed by atoms with van der Waals surface area (Å²) in [6.07, 6.45) is 0.939. The Kier molecular flexibility index (Phi) is 5.73. The van der Waals surface area contributed by atoms with Gasteiger partial charge in [-0.1, -0.05) is 6.07 Å². The SMILES string of the molecule is O=C(Nc1cc(C(NCC2CC2)c2ccncc2)ccc1F)c1cc(C(F)(F)F)n[nH]1. The quantitative estimate of drug-likeness (QED) is 0.485. The number of nitrogens with one attached hydrogen (secondary N) is 3. The number of alkyl halides is 3. The number of benzene rings is 1. The van der Waals surface area contributed by atoms with Crippen LogP contribution in [0, 0.1) is 11.7 Å². The van der Waals surface area contributed by atoms with Gasteiger partial charge in [-0.05, 0) is 60.7 Å². The Morgan fingerprint density at radius 3 is 2.52 bits per heavy atom. The number of rotatable bonds is 7. The van der Waals surface area contributed by atoms with Crippen LogP contribution in [-0.2, 0) is 6.18 Å². The van der Waals surface area contributed by atoms with E-state index in [2.05, 4.69) is 20.7 Å². The molecular weight excluding hydrogens is 414 g/mol. The van der Waals surface area contributed by atoms with Gasteiger partial charge in [-0.15, -0.1) is 0 Å². The van der Waals surface area contributed by atoms with Gasteiger partial charge in [0.2, 0.25) is 0 Å². The molecule has 162 valence electrons. The second kappa shape index (κ2) is 8.46. The summed E-state index contributed by atoms with van der Waals surface area (Å²) in [5.41, 5.74) is -0.173. The van der Waals surface area contributed by atoms with E-state index >= 15 is 0 Å². The largest absolute Gasteiger partial charge is 0.435 e. The highest BCUT2D eigenvalue weighted by Crippen LogP contribution is 2.31. The molecule has 2 aromatic heterocycles. The summed E-state index contributed by atoms with van der Waals surface area (Å²) < 4.78 is 52.5. The van der Waals surface area contributed by atoms with E-state index in [1.807, 2.05) is 17.2 Å². The number of halogens is 4. The third-order valence-corrected chi connectivity index (χ3v) is 5.03. The number of hydrogen-bond donors (Lipinski definition) is 3. The Bertz CT molecular complexity index is 1060. The molecule has 1 aromatic carbocycles. The second-order valence-corrected chi connectivity index (χ2v) is 7.42. The monoisotopic (exact) mass is 433 g/mol. The number of carbonyl (C=O) groups is 1. The highest BCUT2D eigenvalue weighted by atomic mass is 19.4. The molecule has 1 unspecified atom stereocenters. The summed E-state index contributed by atoms with van der Waals surface area (Å²) >= 11 is 0. The first-order valence-electron chi connectivity index (χ1n) is 9.68. The molecule has 4 rings (SSSR count). The molecule has 1 saturated carbocycles.